The van der Waals surface area contributed by atoms with E-state index in [0.717, 1.165) is 35.3 Å². The highest BCUT2D eigenvalue weighted by Gasteiger charge is 2.25. The minimum atomic E-state index is -0.571. The smallest absolute Gasteiger partial charge is 0.326 e. The molecular formula is C26H22FN7O2. The SMILES string of the molecule is O=C1NC(=O)/C(=C/c2cnn3c(NC4CC4)cc(NCc4cc(F)ccc4-c4ccccc4)nc23)N1. The van der Waals surface area contributed by atoms with E-state index < -0.39 is 11.9 Å². The summed E-state index contributed by atoms with van der Waals surface area (Å²) >= 11 is 0. The largest absolute Gasteiger partial charge is 0.367 e. The van der Waals surface area contributed by atoms with E-state index in [1.54, 1.807) is 22.9 Å². The molecule has 3 amide bonds. The summed E-state index contributed by atoms with van der Waals surface area (Å²) in [5, 5.41) is 15.9. The zero-order valence-electron chi connectivity index (χ0n) is 19.1. The first-order chi connectivity index (χ1) is 17.5. The van der Waals surface area contributed by atoms with Gasteiger partial charge in [-0.25, -0.2) is 14.2 Å². The number of fused-ring (bicyclic) bond motifs is 1. The maximum Gasteiger partial charge on any atom is 0.326 e. The van der Waals surface area contributed by atoms with Gasteiger partial charge in [-0.3, -0.25) is 10.1 Å². The second-order valence-electron chi connectivity index (χ2n) is 8.77. The van der Waals surface area contributed by atoms with Crippen LogP contribution in [-0.2, 0) is 11.3 Å². The van der Waals surface area contributed by atoms with Gasteiger partial charge in [0.2, 0.25) is 0 Å². The molecule has 1 saturated carbocycles. The fraction of sp³-hybridized carbons (Fsp3) is 0.154. The van der Waals surface area contributed by atoms with Crippen LogP contribution in [0, 0.1) is 5.82 Å². The highest BCUT2D eigenvalue weighted by Crippen LogP contribution is 2.29. The Morgan fingerprint density at radius 1 is 1.08 bits per heavy atom. The molecule has 2 aromatic heterocycles. The van der Waals surface area contributed by atoms with Crippen molar-refractivity contribution in [1.29, 1.82) is 0 Å². The van der Waals surface area contributed by atoms with Crippen molar-refractivity contribution in [1.82, 2.24) is 25.2 Å². The van der Waals surface area contributed by atoms with Gasteiger partial charge in [0.1, 0.15) is 23.1 Å². The molecule has 10 heteroatoms. The molecule has 180 valence electrons. The number of hydrogen-bond acceptors (Lipinski definition) is 6. The summed E-state index contributed by atoms with van der Waals surface area (Å²) in [7, 11) is 0. The van der Waals surface area contributed by atoms with Crippen molar-refractivity contribution in [3.63, 3.8) is 0 Å². The number of hydrogen-bond donors (Lipinski definition) is 4. The van der Waals surface area contributed by atoms with Crippen LogP contribution in [0.5, 0.6) is 0 Å². The maximum absolute atomic E-state index is 14.1. The molecule has 1 saturated heterocycles. The summed E-state index contributed by atoms with van der Waals surface area (Å²) in [4.78, 5) is 28.2. The van der Waals surface area contributed by atoms with Crippen LogP contribution in [0.2, 0.25) is 0 Å². The van der Waals surface area contributed by atoms with Crippen molar-refractivity contribution in [3.8, 4) is 11.1 Å². The third-order valence-electron chi connectivity index (χ3n) is 6.06. The Bertz CT molecular complexity index is 1530. The van der Waals surface area contributed by atoms with Gasteiger partial charge in [0, 0.05) is 24.2 Å². The molecule has 4 aromatic rings. The van der Waals surface area contributed by atoms with Crippen molar-refractivity contribution in [2.45, 2.75) is 25.4 Å². The second kappa shape index (κ2) is 8.81. The zero-order valence-corrected chi connectivity index (χ0v) is 19.1. The fourth-order valence-corrected chi connectivity index (χ4v) is 4.14. The maximum atomic E-state index is 14.1. The lowest BCUT2D eigenvalue weighted by Gasteiger charge is -2.14. The average Bonchev–Trinajstić information content (AvgIpc) is 3.51. The van der Waals surface area contributed by atoms with Crippen LogP contribution in [0.25, 0.3) is 22.9 Å². The molecule has 36 heavy (non-hydrogen) atoms. The number of amides is 3. The molecule has 2 aromatic carbocycles. The number of imide groups is 1. The summed E-state index contributed by atoms with van der Waals surface area (Å²) in [5.74, 6) is 0.489. The summed E-state index contributed by atoms with van der Waals surface area (Å²) in [6.07, 6.45) is 5.27. The van der Waals surface area contributed by atoms with Crippen molar-refractivity contribution < 1.29 is 14.0 Å². The molecular weight excluding hydrogens is 461 g/mol. The number of carbonyl (C=O) groups excluding carboxylic acids is 2. The van der Waals surface area contributed by atoms with Gasteiger partial charge in [0.15, 0.2) is 5.65 Å². The lowest BCUT2D eigenvalue weighted by atomic mass is 9.99. The van der Waals surface area contributed by atoms with Gasteiger partial charge >= 0.3 is 6.03 Å². The van der Waals surface area contributed by atoms with Gasteiger partial charge in [-0.05, 0) is 47.7 Å². The van der Waals surface area contributed by atoms with E-state index in [0.29, 0.717) is 29.6 Å². The number of anilines is 2. The van der Waals surface area contributed by atoms with Gasteiger partial charge in [0.25, 0.3) is 5.91 Å². The first-order valence-corrected chi connectivity index (χ1v) is 11.6. The molecule has 0 spiro atoms. The Balaban J connectivity index is 1.35. The van der Waals surface area contributed by atoms with Gasteiger partial charge in [-0.1, -0.05) is 36.4 Å². The van der Waals surface area contributed by atoms with Crippen molar-refractivity contribution >= 4 is 35.3 Å². The molecule has 0 bridgehead atoms. The molecule has 4 N–H and O–H groups in total. The predicted molar refractivity (Wildman–Crippen MR) is 133 cm³/mol. The first-order valence-electron chi connectivity index (χ1n) is 11.6. The standard InChI is InChI=1S/C26H22FN7O2/c27-18-6-9-20(15-4-2-1-3-5-15)16(10-18)13-28-22-12-23(30-19-7-8-19)34-24(32-22)17(14-29-34)11-21-25(35)33-26(36)31-21/h1-6,9-12,14,19,30H,7-8,13H2,(H,28,32)(H2,31,33,35,36)/b21-11-. The van der Waals surface area contributed by atoms with Crippen LogP contribution in [-0.4, -0.2) is 32.6 Å². The van der Waals surface area contributed by atoms with Crippen LogP contribution < -0.4 is 21.3 Å². The lowest BCUT2D eigenvalue weighted by Crippen LogP contribution is -2.22. The average molecular weight is 484 g/mol. The third kappa shape index (κ3) is 4.36. The Labute approximate surface area is 205 Å². The molecule has 0 radical (unpaired) electrons. The predicted octanol–water partition coefficient (Wildman–Crippen LogP) is 3.90. The van der Waals surface area contributed by atoms with Crippen LogP contribution in [0.4, 0.5) is 20.8 Å². The van der Waals surface area contributed by atoms with E-state index in [-0.39, 0.29) is 11.5 Å². The summed E-state index contributed by atoms with van der Waals surface area (Å²) in [5.41, 5.74) is 3.92. The minimum absolute atomic E-state index is 0.124. The number of urea groups is 1. The van der Waals surface area contributed by atoms with E-state index in [2.05, 4.69) is 26.4 Å². The van der Waals surface area contributed by atoms with E-state index >= 15 is 0 Å². The van der Waals surface area contributed by atoms with Gasteiger partial charge in [-0.2, -0.15) is 9.61 Å². The van der Waals surface area contributed by atoms with Gasteiger partial charge in [-0.15, -0.1) is 0 Å². The fourth-order valence-electron chi connectivity index (χ4n) is 4.14. The molecule has 2 aliphatic rings. The van der Waals surface area contributed by atoms with E-state index in [4.69, 9.17) is 4.98 Å². The molecule has 0 atom stereocenters. The van der Waals surface area contributed by atoms with Crippen LogP contribution in [0.3, 0.4) is 0 Å². The van der Waals surface area contributed by atoms with Gasteiger partial charge < -0.3 is 16.0 Å². The summed E-state index contributed by atoms with van der Waals surface area (Å²) < 4.78 is 15.8. The summed E-state index contributed by atoms with van der Waals surface area (Å²) in [6.45, 7) is 0.344. The monoisotopic (exact) mass is 483 g/mol. The second-order valence-corrected chi connectivity index (χ2v) is 8.77. The number of benzene rings is 2. The number of nitrogens with one attached hydrogen (secondary N) is 4. The molecule has 2 fully saturated rings. The number of aromatic nitrogens is 3. The number of halogens is 1. The van der Waals surface area contributed by atoms with E-state index in [1.165, 1.54) is 12.1 Å². The van der Waals surface area contributed by atoms with Crippen LogP contribution in [0.15, 0.2) is 66.5 Å². The Hall–Kier alpha value is -4.73. The Morgan fingerprint density at radius 2 is 1.92 bits per heavy atom. The van der Waals surface area contributed by atoms with Gasteiger partial charge in [0.05, 0.1) is 6.20 Å². The zero-order chi connectivity index (χ0) is 24.6. The highest BCUT2D eigenvalue weighted by atomic mass is 19.1. The van der Waals surface area contributed by atoms with Crippen molar-refractivity contribution in [2.75, 3.05) is 10.6 Å². The molecule has 1 aliphatic heterocycles. The Kier molecular flexibility index (Phi) is 5.33. The third-order valence-corrected chi connectivity index (χ3v) is 6.06. The van der Waals surface area contributed by atoms with Crippen LogP contribution in [0.1, 0.15) is 24.0 Å². The van der Waals surface area contributed by atoms with E-state index in [1.807, 2.05) is 36.4 Å². The first kappa shape index (κ1) is 21.8. The molecule has 1 aliphatic carbocycles. The minimum Gasteiger partial charge on any atom is -0.367 e. The highest BCUT2D eigenvalue weighted by molar-refractivity contribution is 6.14. The molecule has 6 rings (SSSR count). The molecule has 0 unspecified atom stereocenters. The van der Waals surface area contributed by atoms with E-state index in [9.17, 15) is 14.0 Å². The molecule has 3 heterocycles. The topological polar surface area (TPSA) is 112 Å². The number of nitrogens with zero attached hydrogens (tertiary/aromatic N) is 3. The normalized spacial score (nSPS) is 16.3. The number of carbonyl (C=O) groups is 2. The van der Waals surface area contributed by atoms with Crippen molar-refractivity contribution in [2.24, 2.45) is 0 Å². The van der Waals surface area contributed by atoms with Crippen LogP contribution >= 0.6 is 0 Å². The quantitative estimate of drug-likeness (QED) is 0.234. The summed E-state index contributed by atoms with van der Waals surface area (Å²) in [6, 6.07) is 16.2. The van der Waals surface area contributed by atoms with Crippen molar-refractivity contribution in [3.05, 3.63) is 83.4 Å². The molecule has 9 nitrogen and oxygen atoms in total. The number of rotatable bonds is 7. The Morgan fingerprint density at radius 3 is 2.67 bits per heavy atom. The lowest BCUT2D eigenvalue weighted by molar-refractivity contribution is -0.115.